The lowest BCUT2D eigenvalue weighted by Crippen LogP contribution is -2.11. The number of thiophene rings is 1. The van der Waals surface area contributed by atoms with Gasteiger partial charge in [-0.2, -0.15) is 11.3 Å². The Bertz CT molecular complexity index is 378. The molecule has 0 spiro atoms. The third kappa shape index (κ3) is 2.04. The van der Waals surface area contributed by atoms with Gasteiger partial charge in [0, 0.05) is 24.7 Å². The fraction of sp³-hybridized carbons (Fsp3) is 0.364. The first kappa shape index (κ1) is 9.46. The summed E-state index contributed by atoms with van der Waals surface area (Å²) >= 11 is 1.72. The highest BCUT2D eigenvalue weighted by atomic mass is 32.1. The van der Waals surface area contributed by atoms with Gasteiger partial charge >= 0.3 is 0 Å². The van der Waals surface area contributed by atoms with Gasteiger partial charge in [-0.05, 0) is 35.2 Å². The van der Waals surface area contributed by atoms with E-state index in [4.69, 9.17) is 0 Å². The highest BCUT2D eigenvalue weighted by Crippen LogP contribution is 2.16. The molecule has 1 aliphatic rings. The maximum atomic E-state index is 11.0. The zero-order valence-electron chi connectivity index (χ0n) is 8.17. The van der Waals surface area contributed by atoms with E-state index in [2.05, 4.69) is 23.0 Å². The molecule has 1 aromatic heterocycles. The van der Waals surface area contributed by atoms with Crippen molar-refractivity contribution in [3.63, 3.8) is 0 Å². The molecular weight excluding hydrogens is 194 g/mol. The number of carbonyl (C=O) groups excluding carboxylic acids is 1. The molecule has 0 unspecified atom stereocenters. The van der Waals surface area contributed by atoms with E-state index in [1.165, 1.54) is 11.1 Å². The van der Waals surface area contributed by atoms with Gasteiger partial charge in [-0.3, -0.25) is 4.79 Å². The average Bonchev–Trinajstić information content (AvgIpc) is 2.72. The molecule has 1 aromatic rings. The van der Waals surface area contributed by atoms with Gasteiger partial charge in [-0.1, -0.05) is 0 Å². The van der Waals surface area contributed by atoms with Crippen LogP contribution in [0.2, 0.25) is 0 Å². The first-order chi connectivity index (χ1) is 6.75. The van der Waals surface area contributed by atoms with Crippen LogP contribution in [0.1, 0.15) is 24.0 Å². The summed E-state index contributed by atoms with van der Waals surface area (Å²) in [5.41, 5.74) is 3.74. The molecular formula is C11H13NOS. The molecule has 0 aromatic carbocycles. The third-order valence-electron chi connectivity index (χ3n) is 2.44. The summed E-state index contributed by atoms with van der Waals surface area (Å²) in [5.74, 6) is 0.245. The third-order valence-corrected chi connectivity index (χ3v) is 3.35. The van der Waals surface area contributed by atoms with Crippen molar-refractivity contribution in [2.24, 2.45) is 0 Å². The Hall–Kier alpha value is -1.09. The molecule has 0 fully saturated rings. The van der Waals surface area contributed by atoms with Crippen LogP contribution in [0.3, 0.4) is 0 Å². The number of hydrogen-bond donors (Lipinski definition) is 1. The Morgan fingerprint density at radius 1 is 1.43 bits per heavy atom. The van der Waals surface area contributed by atoms with Crippen molar-refractivity contribution in [3.8, 4) is 0 Å². The summed E-state index contributed by atoms with van der Waals surface area (Å²) in [5, 5.41) is 7.60. The molecule has 1 N–H and O–H groups in total. The van der Waals surface area contributed by atoms with E-state index in [1.54, 1.807) is 17.4 Å². The Labute approximate surface area is 87.6 Å². The number of carbonyl (C=O) groups is 1. The second-order valence-corrected chi connectivity index (χ2v) is 4.31. The first-order valence-electron chi connectivity index (χ1n) is 4.74. The lowest BCUT2D eigenvalue weighted by molar-refractivity contribution is -0.114. The number of hydrogen-bond acceptors (Lipinski definition) is 3. The molecule has 1 aliphatic carbocycles. The van der Waals surface area contributed by atoms with Gasteiger partial charge in [0.25, 0.3) is 0 Å². The minimum Gasteiger partial charge on any atom is -0.384 e. The second-order valence-electron chi connectivity index (χ2n) is 3.57. The molecule has 0 amide bonds. The maximum absolute atomic E-state index is 11.0. The maximum Gasteiger partial charge on any atom is 0.157 e. The number of allylic oxidation sites excluding steroid dienone is 2. The summed E-state index contributed by atoms with van der Waals surface area (Å²) < 4.78 is 0. The van der Waals surface area contributed by atoms with Crippen LogP contribution in [0, 0.1) is 6.92 Å². The fourth-order valence-corrected chi connectivity index (χ4v) is 2.37. The molecule has 0 saturated carbocycles. The van der Waals surface area contributed by atoms with E-state index >= 15 is 0 Å². The van der Waals surface area contributed by atoms with E-state index in [9.17, 15) is 4.79 Å². The van der Waals surface area contributed by atoms with E-state index in [-0.39, 0.29) is 5.78 Å². The number of ketones is 1. The van der Waals surface area contributed by atoms with E-state index in [1.807, 2.05) is 0 Å². The molecule has 0 saturated heterocycles. The van der Waals surface area contributed by atoms with Crippen LogP contribution in [0.15, 0.2) is 22.5 Å². The minimum atomic E-state index is 0.245. The van der Waals surface area contributed by atoms with Crippen LogP contribution in [0.25, 0.3) is 0 Å². The van der Waals surface area contributed by atoms with Crippen molar-refractivity contribution >= 4 is 17.1 Å². The highest BCUT2D eigenvalue weighted by molar-refractivity contribution is 7.08. The van der Waals surface area contributed by atoms with Gasteiger partial charge < -0.3 is 5.32 Å². The largest absolute Gasteiger partial charge is 0.384 e. The van der Waals surface area contributed by atoms with E-state index < -0.39 is 0 Å². The van der Waals surface area contributed by atoms with Crippen molar-refractivity contribution in [3.05, 3.63) is 33.7 Å². The predicted molar refractivity (Wildman–Crippen MR) is 58.2 cm³/mol. The number of rotatable bonds is 3. The predicted octanol–water partition coefficient (Wildman–Crippen LogP) is 2.39. The first-order valence-corrected chi connectivity index (χ1v) is 5.69. The van der Waals surface area contributed by atoms with Gasteiger partial charge in [0.2, 0.25) is 0 Å². The second kappa shape index (κ2) is 3.96. The molecule has 2 nitrogen and oxygen atoms in total. The SMILES string of the molecule is Cc1cscc1CNC1=CC(=O)CC1. The summed E-state index contributed by atoms with van der Waals surface area (Å²) in [7, 11) is 0. The monoisotopic (exact) mass is 207 g/mol. The van der Waals surface area contributed by atoms with Crippen LogP contribution in [0.4, 0.5) is 0 Å². The smallest absolute Gasteiger partial charge is 0.157 e. The van der Waals surface area contributed by atoms with Crippen LogP contribution in [-0.2, 0) is 11.3 Å². The average molecular weight is 207 g/mol. The summed E-state index contributed by atoms with van der Waals surface area (Å²) in [4.78, 5) is 11.0. The highest BCUT2D eigenvalue weighted by Gasteiger charge is 2.11. The lowest BCUT2D eigenvalue weighted by Gasteiger charge is -2.05. The molecule has 0 atom stereocenters. The van der Waals surface area contributed by atoms with Crippen molar-refractivity contribution < 1.29 is 4.79 Å². The number of nitrogens with one attached hydrogen (secondary N) is 1. The van der Waals surface area contributed by atoms with Gasteiger partial charge in [-0.25, -0.2) is 0 Å². The normalized spacial score (nSPS) is 15.8. The summed E-state index contributed by atoms with van der Waals surface area (Å²) in [6.45, 7) is 2.95. The van der Waals surface area contributed by atoms with Crippen LogP contribution in [-0.4, -0.2) is 5.78 Å². The summed E-state index contributed by atoms with van der Waals surface area (Å²) in [6, 6.07) is 0. The van der Waals surface area contributed by atoms with Crippen LogP contribution in [0.5, 0.6) is 0 Å². The topological polar surface area (TPSA) is 29.1 Å². The lowest BCUT2D eigenvalue weighted by atomic mass is 10.2. The van der Waals surface area contributed by atoms with Gasteiger partial charge in [-0.15, -0.1) is 0 Å². The quantitative estimate of drug-likeness (QED) is 0.824. The molecule has 14 heavy (non-hydrogen) atoms. The zero-order chi connectivity index (χ0) is 9.97. The van der Waals surface area contributed by atoms with Crippen molar-refractivity contribution in [1.29, 1.82) is 0 Å². The Morgan fingerprint density at radius 3 is 2.86 bits per heavy atom. The summed E-state index contributed by atoms with van der Waals surface area (Å²) in [6.07, 6.45) is 3.27. The minimum absolute atomic E-state index is 0.245. The van der Waals surface area contributed by atoms with Gasteiger partial charge in [0.15, 0.2) is 5.78 Å². The van der Waals surface area contributed by atoms with Crippen LogP contribution < -0.4 is 5.32 Å². The van der Waals surface area contributed by atoms with Crippen LogP contribution >= 0.6 is 11.3 Å². The Balaban J connectivity index is 1.92. The molecule has 1 heterocycles. The Kier molecular flexibility index (Phi) is 2.68. The standard InChI is InChI=1S/C11H13NOS/c1-8-6-14-7-9(8)5-12-10-2-3-11(13)4-10/h4,6-7,12H,2-3,5H2,1H3. The molecule has 74 valence electrons. The van der Waals surface area contributed by atoms with Gasteiger partial charge in [0.05, 0.1) is 0 Å². The van der Waals surface area contributed by atoms with E-state index in [0.29, 0.717) is 6.42 Å². The molecule has 3 heteroatoms. The zero-order valence-corrected chi connectivity index (χ0v) is 8.99. The fourth-order valence-electron chi connectivity index (χ4n) is 1.51. The van der Waals surface area contributed by atoms with Gasteiger partial charge in [0.1, 0.15) is 0 Å². The molecule has 0 radical (unpaired) electrons. The van der Waals surface area contributed by atoms with Crippen molar-refractivity contribution in [1.82, 2.24) is 5.32 Å². The molecule has 2 rings (SSSR count). The molecule has 0 bridgehead atoms. The number of aryl methyl sites for hydroxylation is 1. The van der Waals surface area contributed by atoms with Crippen molar-refractivity contribution in [2.45, 2.75) is 26.3 Å². The Morgan fingerprint density at radius 2 is 2.29 bits per heavy atom. The molecule has 0 aliphatic heterocycles. The van der Waals surface area contributed by atoms with E-state index in [0.717, 1.165) is 18.7 Å². The van der Waals surface area contributed by atoms with Crippen molar-refractivity contribution in [2.75, 3.05) is 0 Å².